The van der Waals surface area contributed by atoms with E-state index in [1.54, 1.807) is 19.2 Å². The lowest BCUT2D eigenvalue weighted by Crippen LogP contribution is -2.47. The highest BCUT2D eigenvalue weighted by atomic mass is 16.5. The molecule has 7 nitrogen and oxygen atoms in total. The summed E-state index contributed by atoms with van der Waals surface area (Å²) >= 11 is 0. The van der Waals surface area contributed by atoms with Crippen molar-refractivity contribution in [2.45, 2.75) is 13.0 Å². The highest BCUT2D eigenvalue weighted by molar-refractivity contribution is 5.96. The lowest BCUT2D eigenvalue weighted by atomic mass is 10.1. The highest BCUT2D eigenvalue weighted by Crippen LogP contribution is 2.24. The van der Waals surface area contributed by atoms with Gasteiger partial charge in [0.15, 0.2) is 0 Å². The first-order chi connectivity index (χ1) is 12.0. The lowest BCUT2D eigenvalue weighted by Gasteiger charge is -2.31. The molecule has 7 heteroatoms. The Morgan fingerprint density at radius 2 is 2.08 bits per heavy atom. The van der Waals surface area contributed by atoms with Crippen molar-refractivity contribution in [3.05, 3.63) is 29.3 Å². The third kappa shape index (κ3) is 3.93. The lowest BCUT2D eigenvalue weighted by molar-refractivity contribution is -0.138. The molecule has 1 amide bonds. The highest BCUT2D eigenvalue weighted by Gasteiger charge is 2.36. The van der Waals surface area contributed by atoms with Gasteiger partial charge in [-0.3, -0.25) is 14.5 Å². The fraction of sp³-hybridized carbons (Fsp3) is 0.556. The van der Waals surface area contributed by atoms with E-state index in [1.807, 2.05) is 22.8 Å². The molecule has 2 aliphatic heterocycles. The molecule has 2 atom stereocenters. The van der Waals surface area contributed by atoms with Crippen molar-refractivity contribution in [3.8, 4) is 5.75 Å². The molecule has 2 saturated heterocycles. The molecule has 2 fully saturated rings. The zero-order chi connectivity index (χ0) is 18.0. The summed E-state index contributed by atoms with van der Waals surface area (Å²) in [4.78, 5) is 28.0. The van der Waals surface area contributed by atoms with Gasteiger partial charge in [-0.25, -0.2) is 0 Å². The summed E-state index contributed by atoms with van der Waals surface area (Å²) in [7, 11) is 1.60. The molecule has 0 aromatic heterocycles. The van der Waals surface area contributed by atoms with Crippen molar-refractivity contribution in [1.82, 2.24) is 9.80 Å². The number of ether oxygens (including phenoxy) is 2. The number of benzene rings is 1. The molecule has 0 unspecified atom stereocenters. The van der Waals surface area contributed by atoms with E-state index < -0.39 is 5.97 Å². The maximum atomic E-state index is 13.1. The maximum Gasteiger partial charge on any atom is 0.317 e. The van der Waals surface area contributed by atoms with Gasteiger partial charge in [0.1, 0.15) is 5.75 Å². The largest absolute Gasteiger partial charge is 0.497 e. The Morgan fingerprint density at radius 1 is 1.28 bits per heavy atom. The van der Waals surface area contributed by atoms with Gasteiger partial charge >= 0.3 is 5.97 Å². The second-order valence-electron chi connectivity index (χ2n) is 6.78. The number of fused-ring (bicyclic) bond motifs is 3. The number of methoxy groups -OCH3 is 1. The van der Waals surface area contributed by atoms with Crippen LogP contribution >= 0.6 is 0 Å². The van der Waals surface area contributed by atoms with Gasteiger partial charge in [0.05, 0.1) is 32.9 Å². The number of aryl methyl sites for hydroxylation is 1. The molecule has 2 aliphatic rings. The molecule has 2 bridgehead atoms. The molecular weight excluding hydrogens is 324 g/mol. The number of hydrogen-bond donors (Lipinski definition) is 1. The number of amides is 1. The topological polar surface area (TPSA) is 79.3 Å². The molecule has 1 N–H and O–H groups in total. The zero-order valence-electron chi connectivity index (χ0n) is 14.6. The predicted octanol–water partition coefficient (Wildman–Crippen LogP) is 0.861. The standard InChI is InChI=1S/C18H24N2O5/c1-12-5-15(24-2)3-4-16(12)18(23)20-7-13-6-19(9-17(21)22)8-14(20)11-25-10-13/h3-5,13-14H,6-11H2,1-2H3,(H,21,22)/t13-,14-/m0/s1. The van der Waals surface area contributed by atoms with Crippen molar-refractivity contribution in [3.63, 3.8) is 0 Å². The molecular formula is C18H24N2O5. The number of carboxylic acids is 1. The van der Waals surface area contributed by atoms with Crippen LogP contribution in [0.25, 0.3) is 0 Å². The van der Waals surface area contributed by atoms with Crippen LogP contribution in [0.1, 0.15) is 15.9 Å². The second kappa shape index (κ2) is 7.41. The van der Waals surface area contributed by atoms with Crippen LogP contribution in [-0.2, 0) is 9.53 Å². The normalized spacial score (nSPS) is 23.8. The first kappa shape index (κ1) is 17.7. The third-order valence-corrected chi connectivity index (χ3v) is 4.83. The molecule has 1 aromatic carbocycles. The minimum Gasteiger partial charge on any atom is -0.497 e. The molecule has 1 aromatic rings. The van der Waals surface area contributed by atoms with Gasteiger partial charge < -0.3 is 19.5 Å². The van der Waals surface area contributed by atoms with Crippen LogP contribution in [0.2, 0.25) is 0 Å². The van der Waals surface area contributed by atoms with Gasteiger partial charge in [-0.2, -0.15) is 0 Å². The smallest absolute Gasteiger partial charge is 0.317 e. The molecule has 0 radical (unpaired) electrons. The van der Waals surface area contributed by atoms with Crippen molar-refractivity contribution < 1.29 is 24.2 Å². The van der Waals surface area contributed by atoms with E-state index in [9.17, 15) is 9.59 Å². The molecule has 3 rings (SSSR count). The van der Waals surface area contributed by atoms with Crippen molar-refractivity contribution in [2.75, 3.05) is 46.5 Å². The zero-order valence-corrected chi connectivity index (χ0v) is 14.6. The van der Waals surface area contributed by atoms with Gasteiger partial charge in [-0.05, 0) is 30.7 Å². The molecule has 136 valence electrons. The van der Waals surface area contributed by atoms with E-state index in [4.69, 9.17) is 14.6 Å². The fourth-order valence-electron chi connectivity index (χ4n) is 3.67. The summed E-state index contributed by atoms with van der Waals surface area (Å²) in [5.74, 6) is -0.0309. The molecule has 0 saturated carbocycles. The minimum absolute atomic E-state index is 0.00338. The van der Waals surface area contributed by atoms with Crippen LogP contribution in [0.4, 0.5) is 0 Å². The van der Waals surface area contributed by atoms with E-state index >= 15 is 0 Å². The van der Waals surface area contributed by atoms with Gasteiger partial charge in [0.25, 0.3) is 5.91 Å². The quantitative estimate of drug-likeness (QED) is 0.869. The Labute approximate surface area is 147 Å². The van der Waals surface area contributed by atoms with Crippen molar-refractivity contribution >= 4 is 11.9 Å². The maximum absolute atomic E-state index is 13.1. The summed E-state index contributed by atoms with van der Waals surface area (Å²) in [6.45, 7) is 4.62. The summed E-state index contributed by atoms with van der Waals surface area (Å²) < 4.78 is 10.9. The van der Waals surface area contributed by atoms with Crippen LogP contribution < -0.4 is 4.74 Å². The molecule has 25 heavy (non-hydrogen) atoms. The summed E-state index contributed by atoms with van der Waals surface area (Å²) in [5, 5.41) is 9.09. The van der Waals surface area contributed by atoms with Crippen LogP contribution in [0.15, 0.2) is 18.2 Å². The van der Waals surface area contributed by atoms with E-state index in [-0.39, 0.29) is 24.4 Å². The second-order valence-corrected chi connectivity index (χ2v) is 6.78. The summed E-state index contributed by atoms with van der Waals surface area (Å²) in [5.41, 5.74) is 1.52. The van der Waals surface area contributed by atoms with Gasteiger partial charge in [0, 0.05) is 31.1 Å². The van der Waals surface area contributed by atoms with Gasteiger partial charge in [-0.15, -0.1) is 0 Å². The van der Waals surface area contributed by atoms with E-state index in [0.29, 0.717) is 38.4 Å². The number of hydrogen-bond acceptors (Lipinski definition) is 5. The first-order valence-corrected chi connectivity index (χ1v) is 8.45. The summed E-state index contributed by atoms with van der Waals surface area (Å²) in [6.07, 6.45) is 0. The number of carboxylic acid groups (broad SMARTS) is 1. The van der Waals surface area contributed by atoms with E-state index in [2.05, 4.69) is 0 Å². The number of carbonyl (C=O) groups excluding carboxylic acids is 1. The SMILES string of the molecule is COc1ccc(C(=O)N2C[C@H]3COC[C@@H]2CN(CC(=O)O)C3)c(C)c1. The number of rotatable bonds is 4. The average molecular weight is 348 g/mol. The number of carbonyl (C=O) groups is 2. The van der Waals surface area contributed by atoms with E-state index in [1.165, 1.54) is 0 Å². The Morgan fingerprint density at radius 3 is 2.76 bits per heavy atom. The Bertz CT molecular complexity index is 663. The Balaban J connectivity index is 1.83. The van der Waals surface area contributed by atoms with Gasteiger partial charge in [0.2, 0.25) is 0 Å². The number of aliphatic carboxylic acids is 1. The van der Waals surface area contributed by atoms with Crippen LogP contribution in [-0.4, -0.2) is 79.3 Å². The van der Waals surface area contributed by atoms with Crippen LogP contribution in [0.3, 0.4) is 0 Å². The summed E-state index contributed by atoms with van der Waals surface area (Å²) in [6, 6.07) is 5.30. The molecule has 2 heterocycles. The average Bonchev–Trinajstić information content (AvgIpc) is 2.84. The van der Waals surface area contributed by atoms with Crippen LogP contribution in [0, 0.1) is 12.8 Å². The molecule has 0 aliphatic carbocycles. The fourth-order valence-corrected chi connectivity index (χ4v) is 3.67. The predicted molar refractivity (Wildman–Crippen MR) is 90.9 cm³/mol. The Kier molecular flexibility index (Phi) is 5.24. The van der Waals surface area contributed by atoms with Gasteiger partial charge in [-0.1, -0.05) is 0 Å². The Hall–Kier alpha value is -2.12. The van der Waals surface area contributed by atoms with Crippen LogP contribution in [0.5, 0.6) is 5.75 Å². The molecule has 0 spiro atoms. The van der Waals surface area contributed by atoms with Crippen molar-refractivity contribution in [2.24, 2.45) is 5.92 Å². The first-order valence-electron chi connectivity index (χ1n) is 8.45. The monoisotopic (exact) mass is 348 g/mol. The van der Waals surface area contributed by atoms with Crippen molar-refractivity contribution in [1.29, 1.82) is 0 Å². The number of nitrogens with zero attached hydrogens (tertiary/aromatic N) is 2. The third-order valence-electron chi connectivity index (χ3n) is 4.83. The van der Waals surface area contributed by atoms with E-state index in [0.717, 1.165) is 11.3 Å². The minimum atomic E-state index is -0.843.